The van der Waals surface area contributed by atoms with Gasteiger partial charge in [0.05, 0.1) is 0 Å². The van der Waals surface area contributed by atoms with Crippen molar-refractivity contribution in [2.24, 2.45) is 5.92 Å². The molecule has 3 nitrogen and oxygen atoms in total. The van der Waals surface area contributed by atoms with E-state index in [9.17, 15) is 4.79 Å². The molecule has 0 aliphatic rings. The van der Waals surface area contributed by atoms with E-state index in [1.54, 1.807) is 0 Å². The maximum Gasteiger partial charge on any atom is 0.226 e. The number of amides is 1. The fourth-order valence-electron chi connectivity index (χ4n) is 1.43. The second kappa shape index (κ2) is 7.46. The lowest BCUT2D eigenvalue weighted by atomic mass is 10.1. The highest BCUT2D eigenvalue weighted by atomic mass is 16.2. The Balaban J connectivity index is 4.17. The van der Waals surface area contributed by atoms with Gasteiger partial charge < -0.3 is 10.2 Å². The molecule has 1 unspecified atom stereocenters. The summed E-state index contributed by atoms with van der Waals surface area (Å²) in [4.78, 5) is 13.8. The molecular formula is C12H24N2O. The molecule has 0 aliphatic carbocycles. The molecule has 0 bridgehead atoms. The van der Waals surface area contributed by atoms with Crippen LogP contribution >= 0.6 is 0 Å². The fourth-order valence-corrected chi connectivity index (χ4v) is 1.43. The van der Waals surface area contributed by atoms with Crippen LogP contribution in [0.1, 0.15) is 27.7 Å². The monoisotopic (exact) mass is 212 g/mol. The van der Waals surface area contributed by atoms with Crippen molar-refractivity contribution in [3.63, 3.8) is 0 Å². The SMILES string of the molecule is C=C(C)CN(CC)C(=O)C(C)CNCC. The summed E-state index contributed by atoms with van der Waals surface area (Å²) in [6, 6.07) is 0. The zero-order chi connectivity index (χ0) is 11.8. The average Bonchev–Trinajstić information content (AvgIpc) is 2.21. The third kappa shape index (κ3) is 5.57. The molecule has 0 saturated heterocycles. The van der Waals surface area contributed by atoms with Gasteiger partial charge in [-0.25, -0.2) is 0 Å². The summed E-state index contributed by atoms with van der Waals surface area (Å²) in [5, 5.41) is 3.19. The Hall–Kier alpha value is -0.830. The predicted octanol–water partition coefficient (Wildman–Crippen LogP) is 1.66. The van der Waals surface area contributed by atoms with E-state index in [1.165, 1.54) is 0 Å². The maximum absolute atomic E-state index is 12.0. The Morgan fingerprint density at radius 2 is 2.07 bits per heavy atom. The predicted molar refractivity (Wildman–Crippen MR) is 64.8 cm³/mol. The van der Waals surface area contributed by atoms with Crippen molar-refractivity contribution in [2.45, 2.75) is 27.7 Å². The van der Waals surface area contributed by atoms with Gasteiger partial charge >= 0.3 is 0 Å². The quantitative estimate of drug-likeness (QED) is 0.651. The van der Waals surface area contributed by atoms with E-state index in [0.29, 0.717) is 6.54 Å². The van der Waals surface area contributed by atoms with Gasteiger partial charge in [0.25, 0.3) is 0 Å². The van der Waals surface area contributed by atoms with Gasteiger partial charge in [-0.3, -0.25) is 4.79 Å². The van der Waals surface area contributed by atoms with E-state index in [0.717, 1.165) is 25.2 Å². The minimum Gasteiger partial charge on any atom is -0.339 e. The molecule has 0 aliphatic heterocycles. The van der Waals surface area contributed by atoms with Gasteiger partial charge in [0.1, 0.15) is 0 Å². The van der Waals surface area contributed by atoms with Crippen LogP contribution in [0, 0.1) is 5.92 Å². The van der Waals surface area contributed by atoms with Crippen molar-refractivity contribution < 1.29 is 4.79 Å². The molecule has 15 heavy (non-hydrogen) atoms. The fraction of sp³-hybridized carbons (Fsp3) is 0.750. The molecular weight excluding hydrogens is 188 g/mol. The van der Waals surface area contributed by atoms with Crippen molar-refractivity contribution in [1.29, 1.82) is 0 Å². The van der Waals surface area contributed by atoms with Crippen molar-refractivity contribution in [3.05, 3.63) is 12.2 Å². The zero-order valence-corrected chi connectivity index (χ0v) is 10.5. The smallest absolute Gasteiger partial charge is 0.226 e. The molecule has 3 heteroatoms. The van der Waals surface area contributed by atoms with Gasteiger partial charge in [0, 0.05) is 25.6 Å². The first-order valence-electron chi connectivity index (χ1n) is 5.66. The molecule has 0 aromatic carbocycles. The minimum absolute atomic E-state index is 0.0456. The molecule has 0 rings (SSSR count). The third-order valence-corrected chi connectivity index (χ3v) is 2.28. The first-order valence-corrected chi connectivity index (χ1v) is 5.66. The zero-order valence-electron chi connectivity index (χ0n) is 10.5. The van der Waals surface area contributed by atoms with Crippen LogP contribution in [-0.2, 0) is 4.79 Å². The summed E-state index contributed by atoms with van der Waals surface area (Å²) in [5.41, 5.74) is 1.03. The normalized spacial score (nSPS) is 12.3. The van der Waals surface area contributed by atoms with E-state index >= 15 is 0 Å². The second-order valence-electron chi connectivity index (χ2n) is 4.02. The Bertz CT molecular complexity index is 214. The van der Waals surface area contributed by atoms with Crippen LogP contribution in [0.5, 0.6) is 0 Å². The van der Waals surface area contributed by atoms with Crippen LogP contribution in [0.2, 0.25) is 0 Å². The van der Waals surface area contributed by atoms with E-state index in [-0.39, 0.29) is 11.8 Å². The summed E-state index contributed by atoms with van der Waals surface area (Å²) in [6.45, 7) is 14.9. The molecule has 0 saturated carbocycles. The molecule has 0 heterocycles. The standard InChI is InChI=1S/C12H24N2O/c1-6-13-8-11(5)12(15)14(7-2)9-10(3)4/h11,13H,3,6-9H2,1-2,4-5H3. The van der Waals surface area contributed by atoms with Crippen molar-refractivity contribution in [2.75, 3.05) is 26.2 Å². The van der Waals surface area contributed by atoms with Crippen LogP contribution in [0.25, 0.3) is 0 Å². The van der Waals surface area contributed by atoms with Gasteiger partial charge in [0.2, 0.25) is 5.91 Å². The maximum atomic E-state index is 12.0. The Morgan fingerprint density at radius 1 is 1.47 bits per heavy atom. The topological polar surface area (TPSA) is 32.3 Å². The van der Waals surface area contributed by atoms with E-state index < -0.39 is 0 Å². The molecule has 0 spiro atoms. The number of carbonyl (C=O) groups is 1. The molecule has 1 amide bonds. The molecule has 0 aromatic rings. The van der Waals surface area contributed by atoms with Gasteiger partial charge in [-0.05, 0) is 20.4 Å². The first kappa shape index (κ1) is 14.2. The van der Waals surface area contributed by atoms with E-state index in [4.69, 9.17) is 0 Å². The molecule has 1 N–H and O–H groups in total. The number of nitrogens with zero attached hydrogens (tertiary/aromatic N) is 1. The van der Waals surface area contributed by atoms with Gasteiger partial charge in [-0.15, -0.1) is 0 Å². The summed E-state index contributed by atoms with van der Waals surface area (Å²) >= 11 is 0. The number of likely N-dealkylation sites (N-methyl/N-ethyl adjacent to an activating group) is 1. The summed E-state index contributed by atoms with van der Waals surface area (Å²) in [5.74, 6) is 0.255. The lowest BCUT2D eigenvalue weighted by molar-refractivity contribution is -0.134. The van der Waals surface area contributed by atoms with Gasteiger partial charge in [0.15, 0.2) is 0 Å². The Kier molecular flexibility index (Phi) is 7.05. The highest BCUT2D eigenvalue weighted by molar-refractivity contribution is 5.78. The summed E-state index contributed by atoms with van der Waals surface area (Å²) in [6.07, 6.45) is 0. The number of carbonyl (C=O) groups excluding carboxylic acids is 1. The highest BCUT2D eigenvalue weighted by Crippen LogP contribution is 2.04. The number of nitrogens with one attached hydrogen (secondary N) is 1. The van der Waals surface area contributed by atoms with Crippen LogP contribution in [0.3, 0.4) is 0 Å². The lowest BCUT2D eigenvalue weighted by Gasteiger charge is -2.24. The van der Waals surface area contributed by atoms with Crippen molar-refractivity contribution in [3.8, 4) is 0 Å². The molecule has 0 fully saturated rings. The number of hydrogen-bond donors (Lipinski definition) is 1. The van der Waals surface area contributed by atoms with E-state index in [2.05, 4.69) is 11.9 Å². The number of hydrogen-bond acceptors (Lipinski definition) is 2. The Labute approximate surface area is 93.5 Å². The van der Waals surface area contributed by atoms with Crippen LogP contribution in [-0.4, -0.2) is 37.0 Å². The van der Waals surface area contributed by atoms with Crippen molar-refractivity contribution in [1.82, 2.24) is 10.2 Å². The average molecular weight is 212 g/mol. The second-order valence-corrected chi connectivity index (χ2v) is 4.02. The molecule has 0 radical (unpaired) electrons. The van der Waals surface area contributed by atoms with Crippen molar-refractivity contribution >= 4 is 5.91 Å². The lowest BCUT2D eigenvalue weighted by Crippen LogP contribution is -2.39. The van der Waals surface area contributed by atoms with Gasteiger partial charge in [-0.1, -0.05) is 26.0 Å². The van der Waals surface area contributed by atoms with Crippen LogP contribution < -0.4 is 5.32 Å². The van der Waals surface area contributed by atoms with Crippen LogP contribution in [0.15, 0.2) is 12.2 Å². The van der Waals surface area contributed by atoms with Crippen LogP contribution in [0.4, 0.5) is 0 Å². The number of rotatable bonds is 7. The minimum atomic E-state index is 0.0456. The third-order valence-electron chi connectivity index (χ3n) is 2.28. The summed E-state index contributed by atoms with van der Waals surface area (Å²) in [7, 11) is 0. The molecule has 1 atom stereocenters. The van der Waals surface area contributed by atoms with E-state index in [1.807, 2.05) is 32.6 Å². The Morgan fingerprint density at radius 3 is 2.47 bits per heavy atom. The largest absolute Gasteiger partial charge is 0.339 e. The first-order chi connectivity index (χ1) is 7.02. The van der Waals surface area contributed by atoms with Gasteiger partial charge in [-0.2, -0.15) is 0 Å². The molecule has 0 aromatic heterocycles. The highest BCUT2D eigenvalue weighted by Gasteiger charge is 2.18. The summed E-state index contributed by atoms with van der Waals surface area (Å²) < 4.78 is 0. The molecule has 88 valence electrons.